The standard InChI is InChI=1S/C16H23NO.ClH/c1-2-7-16(18)14-8-10-15(11-9-14)17-12-5-3-4-6-13-17;/h8-11H,2-7,12-13H2,1H3;1H. The fourth-order valence-electron chi connectivity index (χ4n) is 2.56. The maximum Gasteiger partial charge on any atom is 0.162 e. The summed E-state index contributed by atoms with van der Waals surface area (Å²) in [5, 5.41) is 0. The van der Waals surface area contributed by atoms with Gasteiger partial charge in [0.25, 0.3) is 0 Å². The zero-order valence-electron chi connectivity index (χ0n) is 11.7. The molecule has 1 aromatic carbocycles. The first-order valence-electron chi connectivity index (χ1n) is 7.19. The molecule has 0 spiro atoms. The molecular weight excluding hydrogens is 258 g/mol. The van der Waals surface area contributed by atoms with Gasteiger partial charge in [-0.25, -0.2) is 0 Å². The fourth-order valence-corrected chi connectivity index (χ4v) is 2.56. The number of nitrogens with zero attached hydrogens (tertiary/aromatic N) is 1. The lowest BCUT2D eigenvalue weighted by molar-refractivity contribution is 0.0982. The molecule has 1 aromatic rings. The summed E-state index contributed by atoms with van der Waals surface area (Å²) in [5.41, 5.74) is 2.13. The summed E-state index contributed by atoms with van der Waals surface area (Å²) < 4.78 is 0. The van der Waals surface area contributed by atoms with Gasteiger partial charge in [0, 0.05) is 30.8 Å². The Morgan fingerprint density at radius 2 is 1.63 bits per heavy atom. The number of ketones is 1. The minimum atomic E-state index is 0. The lowest BCUT2D eigenvalue weighted by Crippen LogP contribution is -2.23. The molecule has 0 N–H and O–H groups in total. The van der Waals surface area contributed by atoms with Crippen molar-refractivity contribution in [1.82, 2.24) is 0 Å². The van der Waals surface area contributed by atoms with Gasteiger partial charge in [0.15, 0.2) is 5.78 Å². The number of anilines is 1. The van der Waals surface area contributed by atoms with E-state index in [0.29, 0.717) is 6.42 Å². The molecular formula is C16H24ClNO. The van der Waals surface area contributed by atoms with Crippen LogP contribution in [-0.2, 0) is 0 Å². The van der Waals surface area contributed by atoms with Gasteiger partial charge in [-0.15, -0.1) is 12.4 Å². The van der Waals surface area contributed by atoms with Crippen molar-refractivity contribution in [2.24, 2.45) is 0 Å². The van der Waals surface area contributed by atoms with Crippen LogP contribution in [0.25, 0.3) is 0 Å². The molecule has 106 valence electrons. The van der Waals surface area contributed by atoms with Gasteiger partial charge >= 0.3 is 0 Å². The third kappa shape index (κ3) is 4.54. The summed E-state index contributed by atoms with van der Waals surface area (Å²) in [7, 11) is 0. The van der Waals surface area contributed by atoms with E-state index in [1.165, 1.54) is 31.4 Å². The van der Waals surface area contributed by atoms with Crippen LogP contribution in [0.4, 0.5) is 5.69 Å². The van der Waals surface area contributed by atoms with Crippen LogP contribution in [-0.4, -0.2) is 18.9 Å². The van der Waals surface area contributed by atoms with E-state index in [1.807, 2.05) is 19.1 Å². The van der Waals surface area contributed by atoms with Gasteiger partial charge in [0.05, 0.1) is 0 Å². The van der Waals surface area contributed by atoms with E-state index in [9.17, 15) is 4.79 Å². The topological polar surface area (TPSA) is 20.3 Å². The first-order chi connectivity index (χ1) is 8.81. The minimum Gasteiger partial charge on any atom is -0.372 e. The molecule has 1 fully saturated rings. The number of hydrogen-bond donors (Lipinski definition) is 0. The van der Waals surface area contributed by atoms with Crippen molar-refractivity contribution in [2.75, 3.05) is 18.0 Å². The molecule has 0 radical (unpaired) electrons. The van der Waals surface area contributed by atoms with Crippen LogP contribution in [0.15, 0.2) is 24.3 Å². The molecule has 1 aliphatic rings. The van der Waals surface area contributed by atoms with E-state index in [4.69, 9.17) is 0 Å². The molecule has 0 saturated carbocycles. The molecule has 2 rings (SSSR count). The van der Waals surface area contributed by atoms with Gasteiger partial charge in [-0.2, -0.15) is 0 Å². The van der Waals surface area contributed by atoms with Crippen molar-refractivity contribution in [2.45, 2.75) is 45.4 Å². The van der Waals surface area contributed by atoms with Crippen molar-refractivity contribution in [3.63, 3.8) is 0 Å². The van der Waals surface area contributed by atoms with Crippen LogP contribution in [0.5, 0.6) is 0 Å². The van der Waals surface area contributed by atoms with E-state index < -0.39 is 0 Å². The van der Waals surface area contributed by atoms with Crippen molar-refractivity contribution in [3.8, 4) is 0 Å². The molecule has 0 unspecified atom stereocenters. The zero-order chi connectivity index (χ0) is 12.8. The Bertz CT molecular complexity index is 380. The average molecular weight is 282 g/mol. The molecule has 0 bridgehead atoms. The minimum absolute atomic E-state index is 0. The van der Waals surface area contributed by atoms with E-state index in [0.717, 1.165) is 25.1 Å². The second kappa shape index (κ2) is 8.21. The number of halogens is 1. The van der Waals surface area contributed by atoms with Gasteiger partial charge in [-0.3, -0.25) is 4.79 Å². The molecule has 2 nitrogen and oxygen atoms in total. The Hall–Kier alpha value is -1.02. The number of Topliss-reactive ketones (excluding diaryl/α,β-unsaturated/α-hetero) is 1. The van der Waals surface area contributed by atoms with Gasteiger partial charge in [-0.1, -0.05) is 19.8 Å². The SMILES string of the molecule is CCCC(=O)c1ccc(N2CCCCCC2)cc1.Cl. The van der Waals surface area contributed by atoms with Crippen molar-refractivity contribution in [1.29, 1.82) is 0 Å². The molecule has 1 saturated heterocycles. The summed E-state index contributed by atoms with van der Waals surface area (Å²) in [5.74, 6) is 0.264. The van der Waals surface area contributed by atoms with Crippen LogP contribution < -0.4 is 4.90 Å². The third-order valence-corrected chi connectivity index (χ3v) is 3.64. The largest absolute Gasteiger partial charge is 0.372 e. The zero-order valence-corrected chi connectivity index (χ0v) is 12.5. The van der Waals surface area contributed by atoms with E-state index in [1.54, 1.807) is 0 Å². The van der Waals surface area contributed by atoms with Crippen LogP contribution in [0, 0.1) is 0 Å². The normalized spacial score (nSPS) is 15.5. The Morgan fingerprint density at radius 3 is 2.16 bits per heavy atom. The molecule has 19 heavy (non-hydrogen) atoms. The van der Waals surface area contributed by atoms with Crippen LogP contribution >= 0.6 is 12.4 Å². The van der Waals surface area contributed by atoms with Crippen LogP contribution in [0.1, 0.15) is 55.8 Å². The molecule has 1 aliphatic heterocycles. The highest BCUT2D eigenvalue weighted by Gasteiger charge is 2.10. The first kappa shape index (κ1) is 16.0. The van der Waals surface area contributed by atoms with Crippen LogP contribution in [0.3, 0.4) is 0 Å². The predicted octanol–water partition coefficient (Wildman–Crippen LogP) is 4.47. The van der Waals surface area contributed by atoms with Crippen molar-refractivity contribution < 1.29 is 4.79 Å². The molecule has 0 atom stereocenters. The van der Waals surface area contributed by atoms with Gasteiger partial charge in [0.2, 0.25) is 0 Å². The number of rotatable bonds is 4. The lowest BCUT2D eigenvalue weighted by Gasteiger charge is -2.22. The fraction of sp³-hybridized carbons (Fsp3) is 0.562. The van der Waals surface area contributed by atoms with Gasteiger partial charge in [0.1, 0.15) is 0 Å². The predicted molar refractivity (Wildman–Crippen MR) is 83.6 cm³/mol. The number of carbonyl (C=O) groups excluding carboxylic acids is 1. The monoisotopic (exact) mass is 281 g/mol. The first-order valence-corrected chi connectivity index (χ1v) is 7.19. The quantitative estimate of drug-likeness (QED) is 0.759. The van der Waals surface area contributed by atoms with Crippen molar-refractivity contribution in [3.05, 3.63) is 29.8 Å². The smallest absolute Gasteiger partial charge is 0.162 e. The highest BCUT2D eigenvalue weighted by atomic mass is 35.5. The van der Waals surface area contributed by atoms with E-state index in [-0.39, 0.29) is 18.2 Å². The lowest BCUT2D eigenvalue weighted by atomic mass is 10.1. The summed E-state index contributed by atoms with van der Waals surface area (Å²) in [6, 6.07) is 8.18. The van der Waals surface area contributed by atoms with Crippen LogP contribution in [0.2, 0.25) is 0 Å². The van der Waals surface area contributed by atoms with Gasteiger partial charge < -0.3 is 4.90 Å². The molecule has 0 amide bonds. The molecule has 0 aliphatic carbocycles. The second-order valence-corrected chi connectivity index (χ2v) is 5.12. The Morgan fingerprint density at radius 1 is 1.05 bits per heavy atom. The number of hydrogen-bond acceptors (Lipinski definition) is 2. The summed E-state index contributed by atoms with van der Waals surface area (Å²) >= 11 is 0. The highest BCUT2D eigenvalue weighted by molar-refractivity contribution is 5.96. The maximum atomic E-state index is 11.8. The summed E-state index contributed by atoms with van der Waals surface area (Å²) in [4.78, 5) is 14.2. The second-order valence-electron chi connectivity index (χ2n) is 5.12. The number of benzene rings is 1. The molecule has 1 heterocycles. The molecule has 0 aromatic heterocycles. The Kier molecular flexibility index (Phi) is 6.93. The van der Waals surface area contributed by atoms with E-state index in [2.05, 4.69) is 17.0 Å². The third-order valence-electron chi connectivity index (χ3n) is 3.64. The highest BCUT2D eigenvalue weighted by Crippen LogP contribution is 2.20. The average Bonchev–Trinajstić information content (AvgIpc) is 2.68. The summed E-state index contributed by atoms with van der Waals surface area (Å²) in [6.07, 6.45) is 6.86. The number of carbonyl (C=O) groups is 1. The van der Waals surface area contributed by atoms with E-state index >= 15 is 0 Å². The maximum absolute atomic E-state index is 11.8. The summed E-state index contributed by atoms with van der Waals surface area (Å²) in [6.45, 7) is 4.36. The Labute approximate surface area is 122 Å². The molecule has 3 heteroatoms. The van der Waals surface area contributed by atoms with Gasteiger partial charge in [-0.05, 0) is 43.5 Å². The Balaban J connectivity index is 0.00000180. The van der Waals surface area contributed by atoms with Crippen molar-refractivity contribution >= 4 is 23.9 Å².